The third-order valence-electron chi connectivity index (χ3n) is 4.04. The van der Waals surface area contributed by atoms with Crippen LogP contribution in [0, 0.1) is 5.92 Å². The van der Waals surface area contributed by atoms with E-state index in [9.17, 15) is 13.2 Å². The Morgan fingerprint density at radius 3 is 2.67 bits per heavy atom. The summed E-state index contributed by atoms with van der Waals surface area (Å²) in [5.41, 5.74) is 1.80. The number of carbonyl (C=O) groups excluding carboxylic acids is 1. The average Bonchev–Trinajstić information content (AvgIpc) is 3.07. The van der Waals surface area contributed by atoms with Gasteiger partial charge in [-0.25, -0.2) is 13.4 Å². The van der Waals surface area contributed by atoms with Gasteiger partial charge in [0.25, 0.3) is 0 Å². The van der Waals surface area contributed by atoms with Gasteiger partial charge < -0.3 is 5.32 Å². The van der Waals surface area contributed by atoms with Crippen molar-refractivity contribution >= 4 is 43.0 Å². The first kappa shape index (κ1) is 19.5. The van der Waals surface area contributed by atoms with Gasteiger partial charge in [0.1, 0.15) is 0 Å². The number of aromatic nitrogens is 1. The lowest BCUT2D eigenvalue weighted by Crippen LogP contribution is -2.20. The molecule has 0 saturated heterocycles. The summed E-state index contributed by atoms with van der Waals surface area (Å²) in [4.78, 5) is 16.6. The van der Waals surface area contributed by atoms with Crippen LogP contribution in [0.5, 0.6) is 0 Å². The summed E-state index contributed by atoms with van der Waals surface area (Å²) in [6.07, 6.45) is -0.0573. The number of anilines is 1. The van der Waals surface area contributed by atoms with Crippen LogP contribution in [-0.4, -0.2) is 30.8 Å². The Kier molecular flexibility index (Phi) is 5.92. The fraction of sp³-hybridized carbons (Fsp3) is 0.300. The number of hydrogen-bond acceptors (Lipinski definition) is 5. The number of hydrogen-bond donors (Lipinski definition) is 1. The molecule has 0 radical (unpaired) electrons. The van der Waals surface area contributed by atoms with Crippen molar-refractivity contribution < 1.29 is 13.2 Å². The number of thiazole rings is 1. The molecule has 0 fully saturated rings. The molecule has 7 heteroatoms. The summed E-state index contributed by atoms with van der Waals surface area (Å²) in [7, 11) is -3.21. The number of amides is 1. The third-order valence-corrected chi connectivity index (χ3v) is 6.80. The molecule has 0 aliphatic rings. The first-order valence-electron chi connectivity index (χ1n) is 8.78. The van der Waals surface area contributed by atoms with Crippen LogP contribution in [0.1, 0.15) is 20.3 Å². The summed E-state index contributed by atoms with van der Waals surface area (Å²) >= 11 is 1.33. The molecule has 3 aromatic rings. The molecule has 0 spiro atoms. The second-order valence-electron chi connectivity index (χ2n) is 6.87. The Morgan fingerprint density at radius 2 is 1.89 bits per heavy atom. The van der Waals surface area contributed by atoms with E-state index in [4.69, 9.17) is 0 Å². The van der Waals surface area contributed by atoms with E-state index in [0.29, 0.717) is 5.13 Å². The van der Waals surface area contributed by atoms with E-state index < -0.39 is 9.84 Å². The maximum Gasteiger partial charge on any atom is 0.227 e. The highest BCUT2D eigenvalue weighted by Crippen LogP contribution is 2.30. The lowest BCUT2D eigenvalue weighted by molar-refractivity contribution is -0.115. The molecule has 0 saturated carbocycles. The molecule has 0 unspecified atom stereocenters. The van der Waals surface area contributed by atoms with Crippen LogP contribution in [0.2, 0.25) is 0 Å². The van der Waals surface area contributed by atoms with Crippen molar-refractivity contribution in [3.8, 4) is 11.3 Å². The van der Waals surface area contributed by atoms with Gasteiger partial charge in [-0.3, -0.25) is 4.79 Å². The highest BCUT2D eigenvalue weighted by atomic mass is 32.2. The molecule has 0 aliphatic carbocycles. The lowest BCUT2D eigenvalue weighted by Gasteiger charge is -2.06. The van der Waals surface area contributed by atoms with Crippen LogP contribution in [-0.2, 0) is 14.6 Å². The van der Waals surface area contributed by atoms with Crippen LogP contribution in [0.25, 0.3) is 22.0 Å². The fourth-order valence-corrected chi connectivity index (χ4v) is 5.33. The highest BCUT2D eigenvalue weighted by Gasteiger charge is 2.16. The smallest absolute Gasteiger partial charge is 0.227 e. The second kappa shape index (κ2) is 8.19. The van der Waals surface area contributed by atoms with Gasteiger partial charge in [0.2, 0.25) is 5.91 Å². The third kappa shape index (κ3) is 5.14. The topological polar surface area (TPSA) is 76.1 Å². The van der Waals surface area contributed by atoms with Gasteiger partial charge in [0.05, 0.1) is 17.2 Å². The zero-order valence-corrected chi connectivity index (χ0v) is 16.9. The van der Waals surface area contributed by atoms with Gasteiger partial charge in [-0.2, -0.15) is 0 Å². The lowest BCUT2D eigenvalue weighted by atomic mass is 10.0. The van der Waals surface area contributed by atoms with E-state index in [1.165, 1.54) is 11.3 Å². The van der Waals surface area contributed by atoms with Crippen molar-refractivity contribution in [3.63, 3.8) is 0 Å². The minimum atomic E-state index is -3.21. The summed E-state index contributed by atoms with van der Waals surface area (Å²) in [5.74, 6) is -0.317. The highest BCUT2D eigenvalue weighted by molar-refractivity contribution is 7.91. The summed E-state index contributed by atoms with van der Waals surface area (Å²) in [5, 5.41) is 7.31. The van der Waals surface area contributed by atoms with Gasteiger partial charge in [-0.15, -0.1) is 11.3 Å². The Hall–Kier alpha value is -2.25. The van der Waals surface area contributed by atoms with Crippen LogP contribution < -0.4 is 5.32 Å². The Labute approximate surface area is 163 Å². The van der Waals surface area contributed by atoms with E-state index in [2.05, 4.69) is 10.3 Å². The van der Waals surface area contributed by atoms with Gasteiger partial charge in [-0.1, -0.05) is 56.3 Å². The number of sulfone groups is 1. The zero-order chi connectivity index (χ0) is 19.4. The SMILES string of the molecule is CC(C)CS(=O)(=O)CCC(=O)Nc1nc(-c2cccc3ccccc23)cs1. The molecule has 1 heterocycles. The van der Waals surface area contributed by atoms with E-state index in [-0.39, 0.29) is 29.8 Å². The summed E-state index contributed by atoms with van der Waals surface area (Å²) < 4.78 is 23.8. The molecule has 1 amide bonds. The van der Waals surface area contributed by atoms with Gasteiger partial charge in [-0.05, 0) is 16.7 Å². The predicted molar refractivity (Wildman–Crippen MR) is 112 cm³/mol. The summed E-state index contributed by atoms with van der Waals surface area (Å²) in [6.45, 7) is 3.70. The molecule has 0 atom stereocenters. The van der Waals surface area contributed by atoms with Crippen LogP contribution in [0.3, 0.4) is 0 Å². The predicted octanol–water partition coefficient (Wildman–Crippen LogP) is 4.36. The molecular weight excluding hydrogens is 380 g/mol. The molecule has 1 N–H and O–H groups in total. The minimum absolute atomic E-state index is 0.0558. The Bertz CT molecular complexity index is 1050. The molecule has 5 nitrogen and oxygen atoms in total. The Balaban J connectivity index is 1.68. The van der Waals surface area contributed by atoms with Gasteiger partial charge >= 0.3 is 0 Å². The molecule has 0 aliphatic heterocycles. The molecule has 3 rings (SSSR count). The molecule has 2 aromatic carbocycles. The number of fused-ring (bicyclic) bond motifs is 1. The molecule has 142 valence electrons. The van der Waals surface area contributed by atoms with Crippen LogP contribution in [0.15, 0.2) is 47.8 Å². The number of benzene rings is 2. The van der Waals surface area contributed by atoms with Crippen molar-refractivity contribution in [3.05, 3.63) is 47.8 Å². The Morgan fingerprint density at radius 1 is 1.15 bits per heavy atom. The van der Waals surface area contributed by atoms with Gasteiger partial charge in [0.15, 0.2) is 15.0 Å². The maximum atomic E-state index is 12.1. The zero-order valence-electron chi connectivity index (χ0n) is 15.3. The maximum absolute atomic E-state index is 12.1. The van der Waals surface area contributed by atoms with E-state index in [0.717, 1.165) is 22.0 Å². The molecule has 27 heavy (non-hydrogen) atoms. The van der Waals surface area contributed by atoms with Crippen LogP contribution >= 0.6 is 11.3 Å². The van der Waals surface area contributed by atoms with E-state index in [1.807, 2.05) is 61.7 Å². The van der Waals surface area contributed by atoms with E-state index >= 15 is 0 Å². The van der Waals surface area contributed by atoms with Gasteiger partial charge in [0, 0.05) is 17.4 Å². The molecule has 1 aromatic heterocycles. The normalized spacial score (nSPS) is 11.8. The number of nitrogens with one attached hydrogen (secondary N) is 1. The molecule has 0 bridgehead atoms. The first-order chi connectivity index (χ1) is 12.8. The first-order valence-corrected chi connectivity index (χ1v) is 11.5. The van der Waals surface area contributed by atoms with Crippen molar-refractivity contribution in [1.82, 2.24) is 4.98 Å². The standard InChI is InChI=1S/C20H22N2O3S2/c1-14(2)13-27(24,25)11-10-19(23)22-20-21-18(12-26-20)17-9-5-7-15-6-3-4-8-16(15)17/h3-9,12,14H,10-11,13H2,1-2H3,(H,21,22,23). The quantitative estimate of drug-likeness (QED) is 0.637. The van der Waals surface area contributed by atoms with Crippen molar-refractivity contribution in [2.75, 3.05) is 16.8 Å². The molecular formula is C20H22N2O3S2. The second-order valence-corrected chi connectivity index (χ2v) is 9.96. The fourth-order valence-electron chi connectivity index (χ4n) is 2.92. The van der Waals surface area contributed by atoms with Crippen LogP contribution in [0.4, 0.5) is 5.13 Å². The average molecular weight is 403 g/mol. The largest absolute Gasteiger partial charge is 0.302 e. The number of rotatable bonds is 7. The van der Waals surface area contributed by atoms with Crippen molar-refractivity contribution in [2.24, 2.45) is 5.92 Å². The van der Waals surface area contributed by atoms with Crippen molar-refractivity contribution in [2.45, 2.75) is 20.3 Å². The minimum Gasteiger partial charge on any atom is -0.302 e. The number of nitrogens with zero attached hydrogens (tertiary/aromatic N) is 1. The number of carbonyl (C=O) groups is 1. The van der Waals surface area contributed by atoms with Crippen molar-refractivity contribution in [1.29, 1.82) is 0 Å². The summed E-state index contributed by atoms with van der Waals surface area (Å²) in [6, 6.07) is 14.1. The monoisotopic (exact) mass is 402 g/mol. The van der Waals surface area contributed by atoms with E-state index in [1.54, 1.807) is 0 Å².